The van der Waals surface area contributed by atoms with Gasteiger partial charge in [-0.1, -0.05) is 154 Å². The van der Waals surface area contributed by atoms with E-state index >= 15 is 0 Å². The van der Waals surface area contributed by atoms with Crippen molar-refractivity contribution < 1.29 is 18.8 Å². The molecule has 1 saturated heterocycles. The maximum Gasteiger partial charge on any atom is 0.358 e. The van der Waals surface area contributed by atoms with Crippen molar-refractivity contribution in [1.29, 1.82) is 0 Å². The summed E-state index contributed by atoms with van der Waals surface area (Å²) in [5.74, 6) is -0.775. The van der Waals surface area contributed by atoms with Crippen molar-refractivity contribution in [3.63, 3.8) is 0 Å². The number of nitrogens with one attached hydrogen (secondary N) is 1. The van der Waals surface area contributed by atoms with Crippen molar-refractivity contribution in [1.82, 2.24) is 10.2 Å². The van der Waals surface area contributed by atoms with Crippen LogP contribution in [-0.2, 0) is 24.3 Å². The van der Waals surface area contributed by atoms with Gasteiger partial charge >= 0.3 is 5.97 Å². The van der Waals surface area contributed by atoms with Gasteiger partial charge in [0.1, 0.15) is 6.04 Å². The van der Waals surface area contributed by atoms with E-state index in [0.29, 0.717) is 0 Å². The molecule has 3 atom stereocenters. The standard InChI is InChI=1S/C40H46N2O4Si/c1-38(2,3)29-39(37(44)45-4,46-47(5)6)42-34(28-27-30-19-11-7-12-20-30)35(36(42)43)41-40(31-21-13-8-14-22-31,32-23-15-9-16-24-32)33-25-17-10-18-26-33/h7-28,34-35,41,47H,29H2,1-6H3/b28-27+. The highest BCUT2D eigenvalue weighted by Crippen LogP contribution is 2.44. The highest BCUT2D eigenvalue weighted by Gasteiger charge is 2.63. The third-order valence-corrected chi connectivity index (χ3v) is 9.38. The Hall–Kier alpha value is -4.30. The second-order valence-corrected chi connectivity index (χ2v) is 16.0. The Kier molecular flexibility index (Phi) is 10.3. The van der Waals surface area contributed by atoms with Crippen LogP contribution in [0.2, 0.25) is 13.1 Å². The van der Waals surface area contributed by atoms with Crippen LogP contribution in [0.5, 0.6) is 0 Å². The number of hydrogen-bond donors (Lipinski definition) is 1. The minimum Gasteiger partial charge on any atom is -0.465 e. The summed E-state index contributed by atoms with van der Waals surface area (Å²) in [6.45, 7) is 10.2. The molecular weight excluding hydrogens is 601 g/mol. The Labute approximate surface area is 281 Å². The molecule has 1 fully saturated rings. The SMILES string of the molecule is COC(=O)C(CC(C)(C)C)(O[SiH](C)C)N1C(=O)C(NC(c2ccccc2)(c2ccccc2)c2ccccc2)C1/C=C/c1ccccc1. The predicted molar refractivity (Wildman–Crippen MR) is 191 cm³/mol. The van der Waals surface area contributed by atoms with Gasteiger partial charge in [-0.3, -0.25) is 15.0 Å². The summed E-state index contributed by atoms with van der Waals surface area (Å²) in [7, 11) is -0.508. The molecule has 3 unspecified atom stereocenters. The van der Waals surface area contributed by atoms with Crippen LogP contribution in [0, 0.1) is 5.41 Å². The van der Waals surface area contributed by atoms with Gasteiger partial charge in [0.15, 0.2) is 9.04 Å². The summed E-state index contributed by atoms with van der Waals surface area (Å²) < 4.78 is 12.1. The van der Waals surface area contributed by atoms with Gasteiger partial charge in [-0.2, -0.15) is 0 Å². The Morgan fingerprint density at radius 2 is 1.23 bits per heavy atom. The highest BCUT2D eigenvalue weighted by atomic mass is 28.3. The van der Waals surface area contributed by atoms with Crippen LogP contribution in [-0.4, -0.2) is 50.7 Å². The van der Waals surface area contributed by atoms with E-state index in [9.17, 15) is 9.59 Å². The molecule has 7 heteroatoms. The Morgan fingerprint density at radius 3 is 1.64 bits per heavy atom. The van der Waals surface area contributed by atoms with Gasteiger partial charge in [0.2, 0.25) is 11.6 Å². The number of carbonyl (C=O) groups is 2. The molecule has 6 nitrogen and oxygen atoms in total. The first-order chi connectivity index (χ1) is 22.5. The second-order valence-electron chi connectivity index (χ2n) is 13.6. The molecule has 4 aromatic carbocycles. The van der Waals surface area contributed by atoms with Gasteiger partial charge in [-0.25, -0.2) is 4.79 Å². The van der Waals surface area contributed by atoms with Gasteiger partial charge in [-0.15, -0.1) is 0 Å². The van der Waals surface area contributed by atoms with Crippen molar-refractivity contribution in [3.05, 3.63) is 150 Å². The number of rotatable bonds is 12. The Balaban J connectivity index is 1.72. The average Bonchev–Trinajstić information content (AvgIpc) is 3.07. The minimum absolute atomic E-state index is 0.218. The molecule has 1 aliphatic rings. The zero-order chi connectivity index (χ0) is 33.7. The zero-order valence-electron chi connectivity index (χ0n) is 28.2. The number of ether oxygens (including phenoxy) is 1. The quantitative estimate of drug-likeness (QED) is 0.0766. The van der Waals surface area contributed by atoms with Crippen LogP contribution >= 0.6 is 0 Å². The molecule has 0 radical (unpaired) electrons. The molecule has 4 aromatic rings. The number of methoxy groups -OCH3 is 1. The molecule has 0 aromatic heterocycles. The lowest BCUT2D eigenvalue weighted by molar-refractivity contribution is -0.210. The fourth-order valence-electron chi connectivity index (χ4n) is 6.76. The maximum atomic E-state index is 14.8. The Morgan fingerprint density at radius 1 is 0.787 bits per heavy atom. The molecule has 1 aliphatic heterocycles. The number of esters is 1. The number of β-lactam (4-membered cyclic amide) rings is 1. The van der Waals surface area contributed by atoms with Crippen molar-refractivity contribution in [3.8, 4) is 0 Å². The smallest absolute Gasteiger partial charge is 0.358 e. The van der Waals surface area contributed by atoms with Crippen LogP contribution < -0.4 is 5.32 Å². The van der Waals surface area contributed by atoms with E-state index < -0.39 is 38.4 Å². The first kappa shape index (κ1) is 34.0. The molecule has 0 saturated carbocycles. The van der Waals surface area contributed by atoms with Crippen molar-refractivity contribution in [2.75, 3.05) is 7.11 Å². The number of nitrogens with zero attached hydrogens (tertiary/aromatic N) is 1. The van der Waals surface area contributed by atoms with E-state index in [2.05, 4.69) is 62.5 Å². The fourth-order valence-corrected chi connectivity index (χ4v) is 7.84. The molecule has 0 bridgehead atoms. The van der Waals surface area contributed by atoms with Gasteiger partial charge in [0.25, 0.3) is 0 Å². The number of benzene rings is 4. The van der Waals surface area contributed by atoms with E-state index in [0.717, 1.165) is 22.3 Å². The minimum atomic E-state index is -1.87. The van der Waals surface area contributed by atoms with Crippen LogP contribution in [0.25, 0.3) is 6.08 Å². The largest absolute Gasteiger partial charge is 0.465 e. The molecule has 1 N–H and O–H groups in total. The molecule has 5 rings (SSSR count). The van der Waals surface area contributed by atoms with Crippen LogP contribution in [0.1, 0.15) is 49.4 Å². The Bertz CT molecular complexity index is 1560. The lowest BCUT2D eigenvalue weighted by Crippen LogP contribution is -2.80. The molecule has 1 heterocycles. The molecule has 47 heavy (non-hydrogen) atoms. The van der Waals surface area contributed by atoms with Gasteiger partial charge < -0.3 is 9.16 Å². The molecular formula is C40H46N2O4Si. The average molecular weight is 647 g/mol. The van der Waals surface area contributed by atoms with Crippen LogP contribution in [0.4, 0.5) is 0 Å². The first-order valence-electron chi connectivity index (χ1n) is 16.3. The number of amides is 1. The summed E-state index contributed by atoms with van der Waals surface area (Å²) in [6.07, 6.45) is 4.32. The van der Waals surface area contributed by atoms with E-state index in [-0.39, 0.29) is 17.7 Å². The van der Waals surface area contributed by atoms with Gasteiger partial charge in [-0.05, 0) is 40.8 Å². The van der Waals surface area contributed by atoms with E-state index in [1.807, 2.05) is 110 Å². The van der Waals surface area contributed by atoms with Gasteiger partial charge in [0.05, 0.1) is 18.7 Å². The zero-order valence-corrected chi connectivity index (χ0v) is 29.4. The third kappa shape index (κ3) is 7.03. The lowest BCUT2D eigenvalue weighted by atomic mass is 9.74. The summed E-state index contributed by atoms with van der Waals surface area (Å²) in [6, 6.07) is 39.4. The predicted octanol–water partition coefficient (Wildman–Crippen LogP) is 7.17. The first-order valence-corrected chi connectivity index (χ1v) is 19.1. The van der Waals surface area contributed by atoms with Crippen LogP contribution in [0.3, 0.4) is 0 Å². The summed E-state index contributed by atoms with van der Waals surface area (Å²) in [5.41, 5.74) is 1.15. The number of carbonyl (C=O) groups excluding carboxylic acids is 2. The molecule has 0 aliphatic carbocycles. The van der Waals surface area contributed by atoms with Crippen LogP contribution in [0.15, 0.2) is 127 Å². The van der Waals surface area contributed by atoms with Crippen molar-refractivity contribution >= 4 is 27.0 Å². The number of hydrogen-bond acceptors (Lipinski definition) is 5. The molecule has 0 spiro atoms. The second kappa shape index (κ2) is 14.2. The fraction of sp³-hybridized carbons (Fsp3) is 0.300. The lowest BCUT2D eigenvalue weighted by Gasteiger charge is -2.57. The summed E-state index contributed by atoms with van der Waals surface area (Å²) >= 11 is 0. The van der Waals surface area contributed by atoms with E-state index in [1.54, 1.807) is 4.90 Å². The maximum absolute atomic E-state index is 14.8. The summed E-state index contributed by atoms with van der Waals surface area (Å²) in [4.78, 5) is 30.4. The third-order valence-electron chi connectivity index (χ3n) is 8.52. The normalized spacial score (nSPS) is 18.2. The van der Waals surface area contributed by atoms with Crippen molar-refractivity contribution in [2.24, 2.45) is 5.41 Å². The van der Waals surface area contributed by atoms with Crippen molar-refractivity contribution in [2.45, 2.75) is 63.6 Å². The highest BCUT2D eigenvalue weighted by molar-refractivity contribution is 6.48. The van der Waals surface area contributed by atoms with Gasteiger partial charge in [0, 0.05) is 6.42 Å². The van der Waals surface area contributed by atoms with E-state index in [4.69, 9.17) is 9.16 Å². The molecule has 1 amide bonds. The monoisotopic (exact) mass is 646 g/mol. The summed E-state index contributed by atoms with van der Waals surface area (Å²) in [5, 5.41) is 3.89. The molecule has 244 valence electrons. The topological polar surface area (TPSA) is 67.9 Å². The van der Waals surface area contributed by atoms with E-state index in [1.165, 1.54) is 7.11 Å². The number of likely N-dealkylation sites (tertiary alicyclic amines) is 1.